The van der Waals surface area contributed by atoms with Crippen LogP contribution in [0, 0.1) is 0 Å². The van der Waals surface area contributed by atoms with Crippen molar-refractivity contribution in [3.8, 4) is 0 Å². The number of phosphoric ester groups is 1. The molecule has 0 heterocycles. The molecule has 0 rings (SSSR count). The summed E-state index contributed by atoms with van der Waals surface area (Å²) in [4.78, 5) is 24.7. The normalized spacial score (nSPS) is 8.60. The fourth-order valence-electron chi connectivity index (χ4n) is 0.102. The fourth-order valence-corrected chi connectivity index (χ4v) is 0.305. The molecular weight excluding hydrogens is 213 g/mol. The molecule has 0 amide bonds. The second-order valence-corrected chi connectivity index (χ2v) is 2.01. The Kier molecular flexibility index (Phi) is 11.5. The molecule has 0 saturated heterocycles. The van der Waals surface area contributed by atoms with Crippen LogP contribution in [-0.4, -0.2) is 50.6 Å². The van der Waals surface area contributed by atoms with Gasteiger partial charge >= 0.3 is 43.5 Å². The summed E-state index contributed by atoms with van der Waals surface area (Å²) in [7, 11) is -4.82. The fraction of sp³-hybridized carbons (Fsp3) is 0. The van der Waals surface area contributed by atoms with Crippen molar-refractivity contribution in [2.75, 3.05) is 0 Å². The SMILES string of the molecule is O=C(O)OP(=O)(O)O.[NaH].[V]. The summed E-state index contributed by atoms with van der Waals surface area (Å²) in [5.74, 6) is 0. The molecule has 0 aliphatic heterocycles. The van der Waals surface area contributed by atoms with Gasteiger partial charge < -0.3 is 9.63 Å². The summed E-state index contributed by atoms with van der Waals surface area (Å²) in [6.45, 7) is 0. The summed E-state index contributed by atoms with van der Waals surface area (Å²) >= 11 is 0. The quantitative estimate of drug-likeness (QED) is 0.389. The van der Waals surface area contributed by atoms with Gasteiger partial charge in [-0.05, 0) is 0 Å². The molecule has 1 radical (unpaired) electrons. The van der Waals surface area contributed by atoms with E-state index in [9.17, 15) is 9.36 Å². The van der Waals surface area contributed by atoms with Crippen LogP contribution in [0.25, 0.3) is 0 Å². The van der Waals surface area contributed by atoms with Crippen molar-refractivity contribution in [1.29, 1.82) is 0 Å². The van der Waals surface area contributed by atoms with Crippen molar-refractivity contribution in [2.45, 2.75) is 0 Å². The maximum absolute atomic E-state index is 9.53. The summed E-state index contributed by atoms with van der Waals surface area (Å²) in [5.41, 5.74) is 0. The summed E-state index contributed by atoms with van der Waals surface area (Å²) in [6, 6.07) is 0. The molecule has 0 saturated carbocycles. The molecule has 0 atom stereocenters. The van der Waals surface area contributed by atoms with Crippen LogP contribution in [-0.2, 0) is 27.6 Å². The van der Waals surface area contributed by atoms with Gasteiger partial charge in [0.25, 0.3) is 0 Å². The van der Waals surface area contributed by atoms with Gasteiger partial charge in [0.1, 0.15) is 0 Å². The molecule has 0 aliphatic rings. The van der Waals surface area contributed by atoms with Crippen LogP contribution in [0.1, 0.15) is 0 Å². The zero-order chi connectivity index (χ0) is 6.78. The zero-order valence-electron chi connectivity index (χ0n) is 3.96. The van der Waals surface area contributed by atoms with Crippen LogP contribution < -0.4 is 0 Å². The van der Waals surface area contributed by atoms with Gasteiger partial charge in [-0.25, -0.2) is 9.36 Å². The average molecular weight is 217 g/mol. The molecule has 10 heavy (non-hydrogen) atoms. The molecule has 0 bridgehead atoms. The van der Waals surface area contributed by atoms with E-state index in [0.29, 0.717) is 0 Å². The number of carboxylic acid groups (broad SMARTS) is 1. The molecule has 0 unspecified atom stereocenters. The topological polar surface area (TPSA) is 104 Å². The van der Waals surface area contributed by atoms with E-state index in [1.165, 1.54) is 0 Å². The monoisotopic (exact) mass is 217 g/mol. The number of hydrogen-bond acceptors (Lipinski definition) is 3. The molecule has 0 aromatic heterocycles. The third-order valence-corrected chi connectivity index (χ3v) is 0.591. The molecule has 0 aromatic carbocycles. The average Bonchev–Trinajstić information content (AvgIpc) is 1.21. The summed E-state index contributed by atoms with van der Waals surface area (Å²) in [6.07, 6.45) is -1.99. The van der Waals surface area contributed by atoms with Crippen molar-refractivity contribution >= 4 is 43.5 Å². The van der Waals surface area contributed by atoms with Crippen LogP contribution in [0.2, 0.25) is 0 Å². The van der Waals surface area contributed by atoms with Gasteiger partial charge in [0.15, 0.2) is 0 Å². The molecule has 3 N–H and O–H groups in total. The Labute approximate surface area is 90.4 Å². The molecule has 0 fully saturated rings. The van der Waals surface area contributed by atoms with E-state index >= 15 is 0 Å². The van der Waals surface area contributed by atoms with Gasteiger partial charge in [-0.2, -0.15) is 0 Å². The van der Waals surface area contributed by atoms with E-state index in [0.717, 1.165) is 0 Å². The minimum Gasteiger partial charge on any atom is 0 e. The Morgan fingerprint density at radius 1 is 1.40 bits per heavy atom. The molecule has 0 spiro atoms. The second-order valence-electron chi connectivity index (χ2n) is 0.848. The van der Waals surface area contributed by atoms with Crippen LogP contribution in [0.4, 0.5) is 4.79 Å². The molecule has 0 aromatic rings. The Balaban J connectivity index is -0.000000245. The van der Waals surface area contributed by atoms with Gasteiger partial charge in [-0.15, -0.1) is 0 Å². The Hall–Kier alpha value is 1.00. The van der Waals surface area contributed by atoms with Crippen LogP contribution in [0.3, 0.4) is 0 Å². The summed E-state index contributed by atoms with van der Waals surface area (Å²) < 4.78 is 12.6. The van der Waals surface area contributed by atoms with Crippen LogP contribution in [0.15, 0.2) is 0 Å². The van der Waals surface area contributed by atoms with Gasteiger partial charge in [0, 0.05) is 18.6 Å². The Bertz CT molecular complexity index is 141. The maximum atomic E-state index is 9.53. The van der Waals surface area contributed by atoms with E-state index < -0.39 is 14.0 Å². The van der Waals surface area contributed by atoms with E-state index in [1.54, 1.807) is 0 Å². The van der Waals surface area contributed by atoms with Crippen LogP contribution >= 0.6 is 7.82 Å². The van der Waals surface area contributed by atoms with E-state index in [4.69, 9.17) is 14.9 Å². The van der Waals surface area contributed by atoms with Crippen molar-refractivity contribution in [3.63, 3.8) is 0 Å². The Morgan fingerprint density at radius 2 is 1.70 bits per heavy atom. The van der Waals surface area contributed by atoms with Gasteiger partial charge in [0.05, 0.1) is 0 Å². The minimum atomic E-state index is -4.82. The second kappa shape index (κ2) is 6.70. The van der Waals surface area contributed by atoms with Crippen molar-refractivity contribution in [2.24, 2.45) is 0 Å². The van der Waals surface area contributed by atoms with Crippen molar-refractivity contribution in [1.82, 2.24) is 0 Å². The largest absolute Gasteiger partial charge is 0 e. The number of hydrogen-bond donors (Lipinski definition) is 3. The van der Waals surface area contributed by atoms with E-state index in [-0.39, 0.29) is 48.1 Å². The first-order chi connectivity index (χ1) is 3.42. The first-order valence-electron chi connectivity index (χ1n) is 1.40. The van der Waals surface area contributed by atoms with Gasteiger partial charge in [-0.3, -0.25) is 9.79 Å². The molecule has 55 valence electrons. The van der Waals surface area contributed by atoms with Gasteiger partial charge in [-0.1, -0.05) is 0 Å². The van der Waals surface area contributed by atoms with Crippen molar-refractivity contribution < 1.29 is 47.3 Å². The number of phosphoric acid groups is 1. The first kappa shape index (κ1) is 17.2. The Morgan fingerprint density at radius 3 is 1.70 bits per heavy atom. The first-order valence-corrected chi connectivity index (χ1v) is 2.93. The van der Waals surface area contributed by atoms with Crippen LogP contribution in [0.5, 0.6) is 0 Å². The maximum Gasteiger partial charge on any atom is 0 e. The zero-order valence-corrected chi connectivity index (χ0v) is 6.25. The van der Waals surface area contributed by atoms with Gasteiger partial charge in [0.2, 0.25) is 0 Å². The van der Waals surface area contributed by atoms with E-state index in [2.05, 4.69) is 4.52 Å². The predicted molar refractivity (Wildman–Crippen MR) is 28.3 cm³/mol. The standard InChI is InChI=1S/CH3O6P.Na.V.H/c2-1(3)7-8(4,5)6;;;/h(H,2,3)(H2,4,5,6);;;. The molecular formula is CH4NaO6PV. The molecule has 9 heteroatoms. The van der Waals surface area contributed by atoms with Crippen molar-refractivity contribution in [3.05, 3.63) is 0 Å². The number of carbonyl (C=O) groups is 1. The molecule has 6 nitrogen and oxygen atoms in total. The summed E-state index contributed by atoms with van der Waals surface area (Å²) in [5, 5.41) is 7.53. The smallest absolute Gasteiger partial charge is 0 e. The third kappa shape index (κ3) is 16.0. The minimum absolute atomic E-state index is 0. The predicted octanol–water partition coefficient (Wildman–Crippen LogP) is -0.877. The number of rotatable bonds is 1. The van der Waals surface area contributed by atoms with E-state index in [1.807, 2.05) is 0 Å². The third-order valence-electron chi connectivity index (χ3n) is 0.197. The molecule has 0 aliphatic carbocycles.